The van der Waals surface area contributed by atoms with Crippen molar-refractivity contribution in [1.29, 1.82) is 0 Å². The summed E-state index contributed by atoms with van der Waals surface area (Å²) in [5.41, 5.74) is 5.25. The first-order valence-electron chi connectivity index (χ1n) is 6.70. The van der Waals surface area contributed by atoms with Crippen LogP contribution in [0.4, 0.5) is 5.69 Å². The monoisotopic (exact) mass is 275 g/mol. The van der Waals surface area contributed by atoms with Crippen molar-refractivity contribution in [3.63, 3.8) is 0 Å². The molecule has 0 unspecified atom stereocenters. The largest absolute Gasteiger partial charge is 0.326 e. The lowest BCUT2D eigenvalue weighted by atomic mass is 10.1. The van der Waals surface area contributed by atoms with Gasteiger partial charge >= 0.3 is 0 Å². The molecule has 0 fully saturated rings. The molecule has 0 aliphatic carbocycles. The Hall–Kier alpha value is -2.17. The summed E-state index contributed by atoms with van der Waals surface area (Å²) in [5.74, 6) is -0.431. The van der Waals surface area contributed by atoms with Gasteiger partial charge in [-0.2, -0.15) is 5.10 Å². The Balaban J connectivity index is 2.42. The summed E-state index contributed by atoms with van der Waals surface area (Å²) in [6, 6.07) is 5.86. The van der Waals surface area contributed by atoms with Gasteiger partial charge in [-0.1, -0.05) is 19.1 Å². The molecule has 108 valence electrons. The standard InChI is InChI=1S/C15H21N3O2/c1-4-9-16-18-15(20)8-7-14(19)17-13-10-11(2)5-6-12(13)3/h5-6,9-10H,4,7-8H2,1-3H3,(H,17,19)(H,18,20). The van der Waals surface area contributed by atoms with Gasteiger partial charge in [0.05, 0.1) is 0 Å². The number of hydrogen-bond acceptors (Lipinski definition) is 3. The van der Waals surface area contributed by atoms with Gasteiger partial charge in [0.1, 0.15) is 0 Å². The summed E-state index contributed by atoms with van der Waals surface area (Å²) in [4.78, 5) is 23.2. The molecule has 2 N–H and O–H groups in total. The zero-order chi connectivity index (χ0) is 15.0. The van der Waals surface area contributed by atoms with Gasteiger partial charge in [-0.25, -0.2) is 5.43 Å². The highest BCUT2D eigenvalue weighted by molar-refractivity contribution is 5.93. The molecule has 0 heterocycles. The van der Waals surface area contributed by atoms with Gasteiger partial charge in [0.15, 0.2) is 0 Å². The molecule has 1 aromatic rings. The second kappa shape index (κ2) is 8.09. The average Bonchev–Trinajstić information content (AvgIpc) is 2.41. The van der Waals surface area contributed by atoms with Crippen LogP contribution in [-0.2, 0) is 9.59 Å². The highest BCUT2D eigenvalue weighted by Gasteiger charge is 2.08. The Morgan fingerprint density at radius 3 is 2.60 bits per heavy atom. The fourth-order valence-electron chi connectivity index (χ4n) is 1.58. The van der Waals surface area contributed by atoms with E-state index in [0.717, 1.165) is 23.2 Å². The highest BCUT2D eigenvalue weighted by atomic mass is 16.2. The molecular formula is C15H21N3O2. The number of carbonyl (C=O) groups is 2. The van der Waals surface area contributed by atoms with E-state index >= 15 is 0 Å². The number of nitrogens with zero attached hydrogens (tertiary/aromatic N) is 1. The maximum atomic E-state index is 11.8. The van der Waals surface area contributed by atoms with Crippen molar-refractivity contribution in [3.05, 3.63) is 29.3 Å². The molecule has 20 heavy (non-hydrogen) atoms. The van der Waals surface area contributed by atoms with Crippen LogP contribution in [0, 0.1) is 13.8 Å². The fourth-order valence-corrected chi connectivity index (χ4v) is 1.58. The summed E-state index contributed by atoms with van der Waals surface area (Å²) >= 11 is 0. The third-order valence-electron chi connectivity index (χ3n) is 2.71. The molecule has 1 rings (SSSR count). The number of benzene rings is 1. The number of carbonyl (C=O) groups excluding carboxylic acids is 2. The van der Waals surface area contributed by atoms with Gasteiger partial charge in [-0.15, -0.1) is 0 Å². The Kier molecular flexibility index (Phi) is 6.43. The number of rotatable bonds is 6. The third kappa shape index (κ3) is 5.65. The summed E-state index contributed by atoms with van der Waals surface area (Å²) in [6.07, 6.45) is 2.63. The van der Waals surface area contributed by atoms with Crippen molar-refractivity contribution in [2.75, 3.05) is 5.32 Å². The van der Waals surface area contributed by atoms with Gasteiger partial charge in [-0.3, -0.25) is 9.59 Å². The first-order chi connectivity index (χ1) is 9.52. The van der Waals surface area contributed by atoms with E-state index in [2.05, 4.69) is 15.8 Å². The van der Waals surface area contributed by atoms with Crippen molar-refractivity contribution >= 4 is 23.7 Å². The molecule has 5 heteroatoms. The maximum absolute atomic E-state index is 11.8. The number of hydrazone groups is 1. The number of anilines is 1. The highest BCUT2D eigenvalue weighted by Crippen LogP contribution is 2.16. The topological polar surface area (TPSA) is 70.6 Å². The quantitative estimate of drug-likeness (QED) is 0.618. The lowest BCUT2D eigenvalue weighted by molar-refractivity contribution is -0.124. The summed E-state index contributed by atoms with van der Waals surface area (Å²) < 4.78 is 0. The number of amides is 2. The van der Waals surface area contributed by atoms with Gasteiger partial charge in [-0.05, 0) is 37.5 Å². The van der Waals surface area contributed by atoms with Crippen molar-refractivity contribution in [2.24, 2.45) is 5.10 Å². The SMILES string of the molecule is CCC=NNC(=O)CCC(=O)Nc1cc(C)ccc1C. The first-order valence-corrected chi connectivity index (χ1v) is 6.70. The lowest BCUT2D eigenvalue weighted by Gasteiger charge is -2.09. The van der Waals surface area contributed by atoms with Crippen LogP contribution in [0.2, 0.25) is 0 Å². The molecule has 0 bridgehead atoms. The van der Waals surface area contributed by atoms with E-state index in [4.69, 9.17) is 0 Å². The fraction of sp³-hybridized carbons (Fsp3) is 0.400. The van der Waals surface area contributed by atoms with E-state index in [1.54, 1.807) is 6.21 Å². The van der Waals surface area contributed by atoms with E-state index in [9.17, 15) is 9.59 Å². The van der Waals surface area contributed by atoms with Crippen LogP contribution in [0.5, 0.6) is 0 Å². The maximum Gasteiger partial charge on any atom is 0.240 e. The molecule has 0 saturated heterocycles. The zero-order valence-electron chi connectivity index (χ0n) is 12.2. The Labute approximate surface area is 119 Å². The summed E-state index contributed by atoms with van der Waals surface area (Å²) in [7, 11) is 0. The second-order valence-electron chi connectivity index (χ2n) is 4.62. The lowest BCUT2D eigenvalue weighted by Crippen LogP contribution is -2.20. The molecule has 0 atom stereocenters. The van der Waals surface area contributed by atoms with Crippen molar-refractivity contribution in [1.82, 2.24) is 5.43 Å². The first kappa shape index (κ1) is 15.9. The molecule has 5 nitrogen and oxygen atoms in total. The Bertz CT molecular complexity index is 510. The molecule has 0 spiro atoms. The summed E-state index contributed by atoms with van der Waals surface area (Å²) in [5, 5.41) is 6.54. The molecule has 0 aromatic heterocycles. The normalized spacial score (nSPS) is 10.6. The minimum atomic E-state index is -0.259. The van der Waals surface area contributed by atoms with Crippen LogP contribution in [0.25, 0.3) is 0 Å². The van der Waals surface area contributed by atoms with Gasteiger partial charge in [0.25, 0.3) is 0 Å². The average molecular weight is 275 g/mol. The zero-order valence-corrected chi connectivity index (χ0v) is 12.2. The molecule has 1 aromatic carbocycles. The van der Waals surface area contributed by atoms with Crippen molar-refractivity contribution in [2.45, 2.75) is 40.0 Å². The second-order valence-corrected chi connectivity index (χ2v) is 4.62. The Morgan fingerprint density at radius 2 is 1.90 bits per heavy atom. The van der Waals surface area contributed by atoms with Crippen molar-refractivity contribution < 1.29 is 9.59 Å². The molecule has 0 aliphatic heterocycles. The van der Waals surface area contributed by atoms with Crippen LogP contribution in [0.3, 0.4) is 0 Å². The van der Waals surface area contributed by atoms with E-state index in [1.807, 2.05) is 39.0 Å². The van der Waals surface area contributed by atoms with Gasteiger partial charge in [0.2, 0.25) is 11.8 Å². The van der Waals surface area contributed by atoms with Crippen LogP contribution in [-0.4, -0.2) is 18.0 Å². The molecular weight excluding hydrogens is 254 g/mol. The van der Waals surface area contributed by atoms with Crippen LogP contribution >= 0.6 is 0 Å². The Morgan fingerprint density at radius 1 is 1.20 bits per heavy atom. The molecule has 0 saturated carbocycles. The minimum Gasteiger partial charge on any atom is -0.326 e. The van der Waals surface area contributed by atoms with Crippen LogP contribution in [0.15, 0.2) is 23.3 Å². The molecule has 0 aliphatic rings. The minimum absolute atomic E-state index is 0.123. The smallest absolute Gasteiger partial charge is 0.240 e. The predicted octanol–water partition coefficient (Wildman–Crippen LogP) is 2.53. The molecule has 2 amide bonds. The van der Waals surface area contributed by atoms with Crippen LogP contribution in [0.1, 0.15) is 37.3 Å². The van der Waals surface area contributed by atoms with Gasteiger partial charge in [0, 0.05) is 24.7 Å². The van der Waals surface area contributed by atoms with E-state index in [0.29, 0.717) is 0 Å². The number of hydrogen-bond donors (Lipinski definition) is 2. The number of aryl methyl sites for hydroxylation is 2. The number of nitrogens with one attached hydrogen (secondary N) is 2. The molecule has 0 radical (unpaired) electrons. The van der Waals surface area contributed by atoms with E-state index < -0.39 is 0 Å². The van der Waals surface area contributed by atoms with Crippen LogP contribution < -0.4 is 10.7 Å². The van der Waals surface area contributed by atoms with E-state index in [-0.39, 0.29) is 24.7 Å². The predicted molar refractivity (Wildman–Crippen MR) is 80.7 cm³/mol. The van der Waals surface area contributed by atoms with E-state index in [1.165, 1.54) is 0 Å². The summed E-state index contributed by atoms with van der Waals surface area (Å²) in [6.45, 7) is 5.82. The third-order valence-corrected chi connectivity index (χ3v) is 2.71. The van der Waals surface area contributed by atoms with Gasteiger partial charge < -0.3 is 5.32 Å². The van der Waals surface area contributed by atoms with Crippen molar-refractivity contribution in [3.8, 4) is 0 Å².